The van der Waals surface area contributed by atoms with Gasteiger partial charge in [0.2, 0.25) is 0 Å². The van der Waals surface area contributed by atoms with Gasteiger partial charge >= 0.3 is 0 Å². The number of carbonyl (C=O) groups is 1. The van der Waals surface area contributed by atoms with Crippen LogP contribution >= 0.6 is 11.3 Å². The normalized spacial score (nSPS) is 17.5. The van der Waals surface area contributed by atoms with Crippen LogP contribution in [0, 0.1) is 0 Å². The second-order valence-electron chi connectivity index (χ2n) is 10.5. The van der Waals surface area contributed by atoms with E-state index in [1.165, 1.54) is 0 Å². The summed E-state index contributed by atoms with van der Waals surface area (Å²) in [6, 6.07) is 19.4. The van der Waals surface area contributed by atoms with Gasteiger partial charge in [-0.05, 0) is 61.9 Å². The van der Waals surface area contributed by atoms with E-state index in [2.05, 4.69) is 51.8 Å². The third-order valence-corrected chi connectivity index (χ3v) is 9.09. The Balaban J connectivity index is 1.22. The van der Waals surface area contributed by atoms with Crippen molar-refractivity contribution in [1.29, 1.82) is 0 Å². The highest BCUT2D eigenvalue weighted by Gasteiger charge is 2.39. The highest BCUT2D eigenvalue weighted by molar-refractivity contribution is 7.10. The van der Waals surface area contributed by atoms with Gasteiger partial charge in [0.15, 0.2) is 0 Å². The maximum absolute atomic E-state index is 12.9. The molecule has 206 valence electrons. The van der Waals surface area contributed by atoms with Crippen LogP contribution in [-0.2, 0) is 10.2 Å². The van der Waals surface area contributed by atoms with Crippen molar-refractivity contribution < 1.29 is 9.53 Å². The van der Waals surface area contributed by atoms with E-state index in [9.17, 15) is 4.79 Å². The standard InChI is InChI=1S/C31H34N6O2S/c1-36-14-16-37(17-15-36)28-11-8-23(20-33-28)27-21-40-30(35-27)31(12-18-39-19-13-31)24-9-6-22(7-10-24)29(38)34-26-5-3-2-4-25(26)32/h2-11,20-21H,12-19,32H2,1H3,(H,34,38). The predicted octanol–water partition coefficient (Wildman–Crippen LogP) is 4.89. The summed E-state index contributed by atoms with van der Waals surface area (Å²) in [6.07, 6.45) is 3.62. The summed E-state index contributed by atoms with van der Waals surface area (Å²) in [5.74, 6) is 0.835. The Morgan fingerprint density at radius 3 is 2.45 bits per heavy atom. The second-order valence-corrected chi connectivity index (χ2v) is 11.4. The van der Waals surface area contributed by atoms with Crippen LogP contribution < -0.4 is 16.0 Å². The van der Waals surface area contributed by atoms with Gasteiger partial charge in [-0.25, -0.2) is 9.97 Å². The molecule has 0 saturated carbocycles. The molecule has 0 aliphatic carbocycles. The molecule has 2 fully saturated rings. The van der Waals surface area contributed by atoms with E-state index >= 15 is 0 Å². The quantitative estimate of drug-likeness (QED) is 0.328. The van der Waals surface area contributed by atoms with Crippen molar-refractivity contribution in [2.45, 2.75) is 18.3 Å². The topological polar surface area (TPSA) is 96.6 Å². The van der Waals surface area contributed by atoms with Crippen molar-refractivity contribution in [3.63, 3.8) is 0 Å². The smallest absolute Gasteiger partial charge is 0.255 e. The lowest BCUT2D eigenvalue weighted by molar-refractivity contribution is 0.0630. The number of anilines is 3. The molecule has 2 aliphatic rings. The Labute approximate surface area is 238 Å². The van der Waals surface area contributed by atoms with E-state index in [0.717, 1.165) is 66.7 Å². The Bertz CT molecular complexity index is 1460. The summed E-state index contributed by atoms with van der Waals surface area (Å²) >= 11 is 1.69. The number of hydrogen-bond acceptors (Lipinski definition) is 8. The number of hydrogen-bond donors (Lipinski definition) is 2. The van der Waals surface area contributed by atoms with Crippen LogP contribution in [0.4, 0.5) is 17.2 Å². The summed E-state index contributed by atoms with van der Waals surface area (Å²) in [7, 11) is 2.16. The predicted molar refractivity (Wildman–Crippen MR) is 161 cm³/mol. The number of nitrogens with two attached hydrogens (primary N) is 1. The summed E-state index contributed by atoms with van der Waals surface area (Å²) < 4.78 is 5.76. The van der Waals surface area contributed by atoms with Crippen LogP contribution in [0.25, 0.3) is 11.3 Å². The molecule has 9 heteroatoms. The van der Waals surface area contributed by atoms with Gasteiger partial charge in [-0.2, -0.15) is 0 Å². The molecule has 4 aromatic rings. The van der Waals surface area contributed by atoms with E-state index in [1.54, 1.807) is 23.5 Å². The summed E-state index contributed by atoms with van der Waals surface area (Å²) in [6.45, 7) is 5.44. The molecule has 8 nitrogen and oxygen atoms in total. The van der Waals surface area contributed by atoms with Gasteiger partial charge in [-0.1, -0.05) is 24.3 Å². The Hall–Kier alpha value is -3.79. The molecular formula is C31H34N6O2S. The molecule has 3 N–H and O–H groups in total. The van der Waals surface area contributed by atoms with Gasteiger partial charge in [0, 0.05) is 62.1 Å². The zero-order valence-electron chi connectivity index (χ0n) is 22.7. The average molecular weight is 555 g/mol. The molecule has 0 spiro atoms. The van der Waals surface area contributed by atoms with Crippen LogP contribution in [0.5, 0.6) is 0 Å². The van der Waals surface area contributed by atoms with Crippen LogP contribution in [0.2, 0.25) is 0 Å². The minimum absolute atomic E-state index is 0.186. The van der Waals surface area contributed by atoms with Crippen molar-refractivity contribution in [3.05, 3.63) is 88.4 Å². The summed E-state index contributed by atoms with van der Waals surface area (Å²) in [4.78, 5) is 27.5. The van der Waals surface area contributed by atoms with E-state index in [0.29, 0.717) is 30.2 Å². The number of pyridine rings is 1. The molecule has 2 saturated heterocycles. The fourth-order valence-corrected chi connectivity index (χ4v) is 6.59. The Morgan fingerprint density at radius 2 is 1.75 bits per heavy atom. The number of amides is 1. The molecule has 2 aromatic heterocycles. The number of ether oxygens (including phenoxy) is 1. The number of para-hydroxylation sites is 2. The first-order chi connectivity index (χ1) is 19.5. The fourth-order valence-electron chi connectivity index (χ4n) is 5.48. The Kier molecular flexibility index (Phi) is 7.51. The van der Waals surface area contributed by atoms with Gasteiger partial charge in [-0.15, -0.1) is 11.3 Å². The lowest BCUT2D eigenvalue weighted by Gasteiger charge is -2.36. The van der Waals surface area contributed by atoms with E-state index < -0.39 is 0 Å². The minimum atomic E-state index is -0.257. The highest BCUT2D eigenvalue weighted by atomic mass is 32.1. The molecule has 0 radical (unpaired) electrons. The molecule has 0 unspecified atom stereocenters. The first kappa shape index (κ1) is 26.4. The van der Waals surface area contributed by atoms with Crippen LogP contribution in [0.15, 0.2) is 72.2 Å². The van der Waals surface area contributed by atoms with E-state index in [4.69, 9.17) is 20.4 Å². The molecular weight excluding hydrogens is 520 g/mol. The van der Waals surface area contributed by atoms with E-state index in [-0.39, 0.29) is 11.3 Å². The van der Waals surface area contributed by atoms with Crippen molar-refractivity contribution in [2.75, 3.05) is 62.4 Å². The number of carbonyl (C=O) groups excluding carboxylic acids is 1. The maximum Gasteiger partial charge on any atom is 0.255 e. The lowest BCUT2D eigenvalue weighted by Crippen LogP contribution is -2.44. The molecule has 2 aromatic carbocycles. The van der Waals surface area contributed by atoms with Crippen LogP contribution in [-0.4, -0.2) is 67.2 Å². The number of rotatable bonds is 6. The van der Waals surface area contributed by atoms with Crippen LogP contribution in [0.1, 0.15) is 33.8 Å². The fraction of sp³-hybridized carbons (Fsp3) is 0.323. The first-order valence-corrected chi connectivity index (χ1v) is 14.6. The Morgan fingerprint density at radius 1 is 1.00 bits per heavy atom. The van der Waals surface area contributed by atoms with Crippen molar-refractivity contribution >= 4 is 34.4 Å². The zero-order valence-corrected chi connectivity index (χ0v) is 23.5. The molecule has 0 bridgehead atoms. The summed E-state index contributed by atoms with van der Waals surface area (Å²) in [5, 5.41) is 6.11. The number of benzene rings is 2. The first-order valence-electron chi connectivity index (χ1n) is 13.7. The molecule has 6 rings (SSSR count). The third-order valence-electron chi connectivity index (χ3n) is 8.04. The molecule has 1 amide bonds. The van der Waals surface area contributed by atoms with Gasteiger partial charge in [0.1, 0.15) is 10.8 Å². The molecule has 40 heavy (non-hydrogen) atoms. The van der Waals surface area contributed by atoms with Gasteiger partial charge in [0.05, 0.1) is 22.5 Å². The van der Waals surface area contributed by atoms with Crippen molar-refractivity contribution in [2.24, 2.45) is 0 Å². The monoisotopic (exact) mass is 554 g/mol. The number of nitrogens with zero attached hydrogens (tertiary/aromatic N) is 4. The number of nitrogen functional groups attached to an aromatic ring is 1. The minimum Gasteiger partial charge on any atom is -0.397 e. The van der Waals surface area contributed by atoms with Gasteiger partial charge in [0.25, 0.3) is 5.91 Å². The highest BCUT2D eigenvalue weighted by Crippen LogP contribution is 2.43. The number of nitrogens with one attached hydrogen (secondary N) is 1. The molecule has 0 atom stereocenters. The van der Waals surface area contributed by atoms with Crippen LogP contribution in [0.3, 0.4) is 0 Å². The van der Waals surface area contributed by atoms with E-state index in [1.807, 2.05) is 30.5 Å². The number of aromatic nitrogens is 2. The second kappa shape index (κ2) is 11.4. The number of piperazine rings is 1. The zero-order chi connectivity index (χ0) is 27.5. The lowest BCUT2D eigenvalue weighted by atomic mass is 9.74. The largest absolute Gasteiger partial charge is 0.397 e. The average Bonchev–Trinajstić information content (AvgIpc) is 3.50. The van der Waals surface area contributed by atoms with Crippen molar-refractivity contribution in [1.82, 2.24) is 14.9 Å². The maximum atomic E-state index is 12.9. The van der Waals surface area contributed by atoms with Crippen molar-refractivity contribution in [3.8, 4) is 11.3 Å². The summed E-state index contributed by atoms with van der Waals surface area (Å²) in [5.41, 5.74) is 10.6. The van der Waals surface area contributed by atoms with Gasteiger partial charge < -0.3 is 25.6 Å². The SMILES string of the molecule is CN1CCN(c2ccc(-c3csc(C4(c5ccc(C(=O)Nc6ccccc6N)cc5)CCOCC4)n3)cn2)CC1. The van der Waals surface area contributed by atoms with Gasteiger partial charge in [-0.3, -0.25) is 4.79 Å². The molecule has 2 aliphatic heterocycles. The molecule has 4 heterocycles. The number of thiazole rings is 1. The number of likely N-dealkylation sites (N-methyl/N-ethyl adjacent to an activating group) is 1. The third kappa shape index (κ3) is 5.32.